The predicted molar refractivity (Wildman–Crippen MR) is 66.1 cm³/mol. The van der Waals surface area contributed by atoms with Crippen LogP contribution in [0.15, 0.2) is 0 Å². The molecule has 0 radical (unpaired) electrons. The Morgan fingerprint density at radius 3 is 3.00 bits per heavy atom. The lowest BCUT2D eigenvalue weighted by molar-refractivity contribution is 0.275. The van der Waals surface area contributed by atoms with Gasteiger partial charge in [0.25, 0.3) is 0 Å². The number of nitrogens with one attached hydrogen (secondary N) is 1. The van der Waals surface area contributed by atoms with Gasteiger partial charge < -0.3 is 10.2 Å². The van der Waals surface area contributed by atoms with E-state index in [1.165, 1.54) is 51.2 Å². The third-order valence-corrected chi connectivity index (χ3v) is 4.20. The van der Waals surface area contributed by atoms with Crippen LogP contribution in [0.25, 0.3) is 0 Å². The molecule has 0 aromatic heterocycles. The van der Waals surface area contributed by atoms with Gasteiger partial charge in [0, 0.05) is 24.1 Å². The third kappa shape index (κ3) is 4.67. The summed E-state index contributed by atoms with van der Waals surface area (Å²) in [4.78, 5) is 2.64. The molecule has 1 unspecified atom stereocenters. The van der Waals surface area contributed by atoms with E-state index >= 15 is 0 Å². The van der Waals surface area contributed by atoms with Crippen LogP contribution >= 0.6 is 11.8 Å². The highest BCUT2D eigenvalue weighted by molar-refractivity contribution is 8.00. The Morgan fingerprint density at radius 1 is 1.43 bits per heavy atom. The summed E-state index contributed by atoms with van der Waals surface area (Å²) < 4.78 is 0. The van der Waals surface area contributed by atoms with Gasteiger partial charge in [0.15, 0.2) is 0 Å². The first-order valence-corrected chi connectivity index (χ1v) is 6.90. The lowest BCUT2D eigenvalue weighted by Gasteiger charge is -2.31. The van der Waals surface area contributed by atoms with Gasteiger partial charge in [0.2, 0.25) is 0 Å². The van der Waals surface area contributed by atoms with E-state index in [0.717, 1.165) is 5.25 Å². The van der Waals surface area contributed by atoms with Crippen molar-refractivity contribution >= 4 is 11.8 Å². The minimum Gasteiger partial charge on any atom is -0.320 e. The minimum atomic E-state index is 0.896. The summed E-state index contributed by atoms with van der Waals surface area (Å²) in [5, 5.41) is 4.10. The van der Waals surface area contributed by atoms with Gasteiger partial charge in [0.05, 0.1) is 0 Å². The zero-order valence-electron chi connectivity index (χ0n) is 9.59. The molecule has 1 saturated heterocycles. The van der Waals surface area contributed by atoms with Crippen molar-refractivity contribution in [3.63, 3.8) is 0 Å². The lowest BCUT2D eigenvalue weighted by Crippen LogP contribution is -2.38. The van der Waals surface area contributed by atoms with Crippen molar-refractivity contribution in [2.24, 2.45) is 0 Å². The average Bonchev–Trinajstić information content (AvgIpc) is 2.25. The number of hydrogen-bond acceptors (Lipinski definition) is 3. The molecule has 0 bridgehead atoms. The van der Waals surface area contributed by atoms with E-state index in [0.29, 0.717) is 0 Å². The Balaban J connectivity index is 2.05. The summed E-state index contributed by atoms with van der Waals surface area (Å²) in [7, 11) is 2.03. The van der Waals surface area contributed by atoms with Crippen LogP contribution in [0.1, 0.15) is 26.2 Å². The fraction of sp³-hybridized carbons (Fsp3) is 1.00. The van der Waals surface area contributed by atoms with Gasteiger partial charge in [-0.1, -0.05) is 6.92 Å². The molecule has 1 atom stereocenters. The minimum absolute atomic E-state index is 0.896. The molecule has 0 saturated carbocycles. The third-order valence-electron chi connectivity index (χ3n) is 2.83. The number of unbranched alkanes of at least 4 members (excludes halogenated alkanes) is 1. The van der Waals surface area contributed by atoms with Crippen LogP contribution < -0.4 is 5.32 Å². The summed E-state index contributed by atoms with van der Waals surface area (Å²) in [5.74, 6) is 1.34. The Labute approximate surface area is 92.8 Å². The highest BCUT2D eigenvalue weighted by atomic mass is 32.2. The molecule has 2 nitrogen and oxygen atoms in total. The van der Waals surface area contributed by atoms with Crippen LogP contribution in [0.2, 0.25) is 0 Å². The largest absolute Gasteiger partial charge is 0.320 e. The maximum absolute atomic E-state index is 3.20. The smallest absolute Gasteiger partial charge is 0.0172 e. The van der Waals surface area contributed by atoms with Crippen LogP contribution in [-0.4, -0.2) is 49.1 Å². The quantitative estimate of drug-likeness (QED) is 0.682. The predicted octanol–water partition coefficient (Wildman–Crippen LogP) is 1.81. The maximum Gasteiger partial charge on any atom is 0.0172 e. The zero-order chi connectivity index (χ0) is 10.2. The van der Waals surface area contributed by atoms with Crippen LogP contribution in [0.3, 0.4) is 0 Å². The monoisotopic (exact) mass is 216 g/mol. The highest BCUT2D eigenvalue weighted by Gasteiger charge is 2.17. The van der Waals surface area contributed by atoms with Gasteiger partial charge in [-0.25, -0.2) is 0 Å². The molecule has 1 heterocycles. The van der Waals surface area contributed by atoms with E-state index in [1.54, 1.807) is 0 Å². The molecule has 0 amide bonds. The van der Waals surface area contributed by atoms with Gasteiger partial charge >= 0.3 is 0 Å². The van der Waals surface area contributed by atoms with E-state index in [9.17, 15) is 0 Å². The first-order valence-electron chi connectivity index (χ1n) is 5.85. The lowest BCUT2D eigenvalue weighted by atomic mass is 10.2. The molecular formula is C11H24N2S. The molecule has 1 aliphatic rings. The van der Waals surface area contributed by atoms with Crippen LogP contribution in [0.4, 0.5) is 0 Å². The first kappa shape index (κ1) is 12.3. The van der Waals surface area contributed by atoms with Gasteiger partial charge in [-0.2, -0.15) is 11.8 Å². The molecule has 0 spiro atoms. The molecule has 1 rings (SSSR count). The first-order chi connectivity index (χ1) is 6.86. The second-order valence-electron chi connectivity index (χ2n) is 4.01. The van der Waals surface area contributed by atoms with E-state index in [-0.39, 0.29) is 0 Å². The van der Waals surface area contributed by atoms with E-state index < -0.39 is 0 Å². The van der Waals surface area contributed by atoms with E-state index in [2.05, 4.69) is 28.9 Å². The molecule has 84 valence electrons. The topological polar surface area (TPSA) is 15.3 Å². The molecule has 1 aliphatic heterocycles. The van der Waals surface area contributed by atoms with Gasteiger partial charge in [-0.15, -0.1) is 0 Å². The number of hydrogen-bond donors (Lipinski definition) is 1. The van der Waals surface area contributed by atoms with E-state index in [4.69, 9.17) is 0 Å². The summed E-state index contributed by atoms with van der Waals surface area (Å²) in [6, 6.07) is 0. The Morgan fingerprint density at radius 2 is 2.29 bits per heavy atom. The normalized spacial score (nSPS) is 24.0. The molecule has 1 N–H and O–H groups in total. The molecule has 3 heteroatoms. The average molecular weight is 216 g/mol. The van der Waals surface area contributed by atoms with Crippen LogP contribution in [0.5, 0.6) is 0 Å². The van der Waals surface area contributed by atoms with Crippen molar-refractivity contribution in [2.75, 3.05) is 39.0 Å². The second-order valence-corrected chi connectivity index (χ2v) is 5.42. The van der Waals surface area contributed by atoms with Gasteiger partial charge in [-0.3, -0.25) is 0 Å². The molecule has 0 aromatic carbocycles. The molecule has 14 heavy (non-hydrogen) atoms. The molecule has 0 aromatic rings. The number of rotatable bonds is 6. The van der Waals surface area contributed by atoms with Crippen molar-refractivity contribution in [2.45, 2.75) is 31.4 Å². The fourth-order valence-electron chi connectivity index (χ4n) is 1.87. The molecule has 1 fully saturated rings. The summed E-state index contributed by atoms with van der Waals surface area (Å²) >= 11 is 2.16. The number of thioether (sulfide) groups is 1. The van der Waals surface area contributed by atoms with Crippen molar-refractivity contribution < 1.29 is 0 Å². The Bertz CT molecular complexity index is 141. The van der Waals surface area contributed by atoms with E-state index in [1.807, 2.05) is 7.05 Å². The molecular weight excluding hydrogens is 192 g/mol. The second kappa shape index (κ2) is 7.55. The molecule has 0 aliphatic carbocycles. The maximum atomic E-state index is 3.20. The van der Waals surface area contributed by atoms with Crippen LogP contribution in [-0.2, 0) is 0 Å². The van der Waals surface area contributed by atoms with Crippen molar-refractivity contribution in [3.8, 4) is 0 Å². The number of nitrogens with zero attached hydrogens (tertiary/aromatic N) is 1. The summed E-state index contributed by atoms with van der Waals surface area (Å²) in [6.45, 7) is 7.40. The van der Waals surface area contributed by atoms with Crippen molar-refractivity contribution in [3.05, 3.63) is 0 Å². The highest BCUT2D eigenvalue weighted by Crippen LogP contribution is 2.20. The fourth-order valence-corrected chi connectivity index (χ4v) is 3.12. The Kier molecular flexibility index (Phi) is 6.65. The van der Waals surface area contributed by atoms with Gasteiger partial charge in [-0.05, 0) is 39.4 Å². The van der Waals surface area contributed by atoms with Crippen molar-refractivity contribution in [1.29, 1.82) is 0 Å². The SMILES string of the molecule is CCC1CN(CCCCNC)CCS1. The Hall–Kier alpha value is 0.270. The van der Waals surface area contributed by atoms with Gasteiger partial charge in [0.1, 0.15) is 0 Å². The van der Waals surface area contributed by atoms with Crippen LogP contribution in [0, 0.1) is 0 Å². The summed E-state index contributed by atoms with van der Waals surface area (Å²) in [6.07, 6.45) is 4.00. The van der Waals surface area contributed by atoms with Crippen molar-refractivity contribution in [1.82, 2.24) is 10.2 Å². The zero-order valence-corrected chi connectivity index (χ0v) is 10.4. The standard InChI is InChI=1S/C11H24N2S/c1-3-11-10-13(8-9-14-11)7-5-4-6-12-2/h11-12H,3-10H2,1-2H3. The summed E-state index contributed by atoms with van der Waals surface area (Å²) in [5.41, 5.74) is 0.